The van der Waals surface area contributed by atoms with E-state index in [0.717, 1.165) is 25.7 Å². The van der Waals surface area contributed by atoms with Crippen LogP contribution in [-0.4, -0.2) is 25.4 Å². The zero-order valence-electron chi connectivity index (χ0n) is 16.9. The lowest BCUT2D eigenvalue weighted by molar-refractivity contribution is -0.124. The molecule has 2 aliphatic rings. The lowest BCUT2D eigenvalue weighted by Crippen LogP contribution is -2.44. The summed E-state index contributed by atoms with van der Waals surface area (Å²) in [6.45, 7) is 10.8. The fourth-order valence-electron chi connectivity index (χ4n) is 5.35. The third kappa shape index (κ3) is 4.39. The number of carbonyl (C=O) groups is 2. The highest BCUT2D eigenvalue weighted by molar-refractivity contribution is 7.54. The summed E-state index contributed by atoms with van der Waals surface area (Å²) in [5.74, 6) is 1.30. The van der Waals surface area contributed by atoms with Gasteiger partial charge in [0.25, 0.3) is 0 Å². The van der Waals surface area contributed by atoms with Crippen LogP contribution in [0.3, 0.4) is 0 Å². The van der Waals surface area contributed by atoms with Crippen molar-refractivity contribution in [2.45, 2.75) is 66.7 Å². The van der Waals surface area contributed by atoms with Crippen molar-refractivity contribution in [3.8, 4) is 0 Å². The van der Waals surface area contributed by atoms with Crippen LogP contribution in [0.2, 0.25) is 0 Å². The fraction of sp³-hybridized carbons (Fsp3) is 0.714. The van der Waals surface area contributed by atoms with E-state index in [4.69, 9.17) is 4.65 Å². The number of rotatable bonds is 7. The van der Waals surface area contributed by atoms with E-state index in [1.807, 2.05) is 6.08 Å². The fourth-order valence-corrected chi connectivity index (χ4v) is 5.45. The molecule has 5 heteroatoms. The molecule has 0 N–H and O–H groups in total. The Morgan fingerprint density at radius 3 is 2.65 bits per heavy atom. The standard InChI is InChI=1S/C21H33BO3P/c1-6-18-17-8-7-15(11-14(2)23)20(3,4)19(17)9-10-21(18,5)12-16(24)13-25-22-26/h9,11,17-18H,6-8,10,12-13,26H2,1-5H3/b15-11-/t17-,18-,21+/m0/s1. The van der Waals surface area contributed by atoms with Crippen LogP contribution in [0.15, 0.2) is 23.3 Å². The molecule has 0 amide bonds. The number of hydrogen-bond acceptors (Lipinski definition) is 3. The zero-order chi connectivity index (χ0) is 19.5. The van der Waals surface area contributed by atoms with Crippen LogP contribution < -0.4 is 0 Å². The Kier molecular flexibility index (Phi) is 7.07. The Bertz CT molecular complexity index is 623. The Balaban J connectivity index is 2.30. The van der Waals surface area contributed by atoms with E-state index in [-0.39, 0.29) is 29.0 Å². The summed E-state index contributed by atoms with van der Waals surface area (Å²) < 4.78 is 5.18. The molecule has 0 aromatic heterocycles. The molecule has 143 valence electrons. The largest absolute Gasteiger partial charge is 0.428 e. The quantitative estimate of drug-likeness (QED) is 0.281. The molecule has 1 saturated carbocycles. The first kappa shape index (κ1) is 21.6. The van der Waals surface area contributed by atoms with Gasteiger partial charge in [-0.2, -0.15) is 0 Å². The van der Waals surface area contributed by atoms with E-state index in [1.165, 1.54) is 18.3 Å². The Hall–Kier alpha value is -0.725. The number of Topliss-reactive ketones (excluding diaryl/α,β-unsaturated/α-hetero) is 1. The maximum atomic E-state index is 12.4. The Labute approximate surface area is 161 Å². The summed E-state index contributed by atoms with van der Waals surface area (Å²) in [5.41, 5.74) is 2.65. The van der Waals surface area contributed by atoms with E-state index in [1.54, 1.807) is 6.92 Å². The molecule has 4 atom stereocenters. The Morgan fingerprint density at radius 2 is 2.08 bits per heavy atom. The van der Waals surface area contributed by atoms with Crippen LogP contribution in [0.4, 0.5) is 0 Å². The van der Waals surface area contributed by atoms with E-state index in [2.05, 4.69) is 42.9 Å². The number of allylic oxidation sites excluding steroid dienone is 4. The SMILES string of the molecule is CC[C@H]1[C@@H]2CC/C(=C/C(C)=O)C(C)(C)C2=CC[C@]1(C)CC(=O)CO[B]P. The maximum absolute atomic E-state index is 12.4. The molecule has 0 aromatic rings. The van der Waals surface area contributed by atoms with Gasteiger partial charge in [-0.25, -0.2) is 0 Å². The van der Waals surface area contributed by atoms with Crippen LogP contribution in [0.5, 0.6) is 0 Å². The number of fused-ring (bicyclic) bond motifs is 1. The normalized spacial score (nSPS) is 31.9. The molecule has 0 heterocycles. The van der Waals surface area contributed by atoms with Gasteiger partial charge in [-0.1, -0.05) is 51.3 Å². The van der Waals surface area contributed by atoms with Crippen molar-refractivity contribution in [2.75, 3.05) is 6.61 Å². The van der Waals surface area contributed by atoms with Crippen molar-refractivity contribution in [1.82, 2.24) is 0 Å². The van der Waals surface area contributed by atoms with Crippen molar-refractivity contribution in [1.29, 1.82) is 0 Å². The summed E-state index contributed by atoms with van der Waals surface area (Å²) in [6.07, 6.45) is 8.83. The lowest BCUT2D eigenvalue weighted by Gasteiger charge is -2.52. The van der Waals surface area contributed by atoms with Crippen molar-refractivity contribution in [2.24, 2.45) is 22.7 Å². The van der Waals surface area contributed by atoms with Gasteiger partial charge < -0.3 is 4.65 Å². The van der Waals surface area contributed by atoms with Crippen molar-refractivity contribution in [3.05, 3.63) is 23.3 Å². The molecule has 0 saturated heterocycles. The smallest absolute Gasteiger partial charge is 0.318 e. The molecule has 3 nitrogen and oxygen atoms in total. The van der Waals surface area contributed by atoms with Gasteiger partial charge >= 0.3 is 7.20 Å². The third-order valence-corrected chi connectivity index (χ3v) is 6.77. The van der Waals surface area contributed by atoms with Gasteiger partial charge in [0.05, 0.1) is 6.61 Å². The average Bonchev–Trinajstić information content (AvgIpc) is 2.54. The number of carbonyl (C=O) groups excluding carboxylic acids is 2. The van der Waals surface area contributed by atoms with E-state index < -0.39 is 0 Å². The minimum atomic E-state index is -0.0646. The number of ketones is 2. The summed E-state index contributed by atoms with van der Waals surface area (Å²) >= 11 is 0. The molecule has 0 bridgehead atoms. The van der Waals surface area contributed by atoms with Gasteiger partial charge in [-0.15, -0.1) is 9.12 Å². The summed E-state index contributed by atoms with van der Waals surface area (Å²) in [7, 11) is 3.87. The molecule has 2 aliphatic carbocycles. The molecule has 26 heavy (non-hydrogen) atoms. The Morgan fingerprint density at radius 1 is 1.38 bits per heavy atom. The van der Waals surface area contributed by atoms with E-state index >= 15 is 0 Å². The van der Waals surface area contributed by atoms with E-state index in [9.17, 15) is 9.59 Å². The molecule has 1 radical (unpaired) electrons. The molecule has 2 rings (SSSR count). The van der Waals surface area contributed by atoms with Gasteiger partial charge in [-0.05, 0) is 49.5 Å². The zero-order valence-corrected chi connectivity index (χ0v) is 18.1. The average molecular weight is 375 g/mol. The first-order valence-electron chi connectivity index (χ1n) is 9.74. The second kappa shape index (κ2) is 8.53. The van der Waals surface area contributed by atoms with Crippen LogP contribution in [0, 0.1) is 22.7 Å². The first-order valence-corrected chi connectivity index (χ1v) is 10.4. The van der Waals surface area contributed by atoms with Crippen LogP contribution >= 0.6 is 9.12 Å². The van der Waals surface area contributed by atoms with Gasteiger partial charge in [-0.3, -0.25) is 9.59 Å². The highest BCUT2D eigenvalue weighted by Crippen LogP contribution is 2.58. The molecule has 1 unspecified atom stereocenters. The lowest BCUT2D eigenvalue weighted by atomic mass is 9.52. The summed E-state index contributed by atoms with van der Waals surface area (Å²) in [5, 5.41) is 0. The van der Waals surface area contributed by atoms with Crippen LogP contribution in [0.25, 0.3) is 0 Å². The van der Waals surface area contributed by atoms with Crippen molar-refractivity contribution in [3.63, 3.8) is 0 Å². The summed E-state index contributed by atoms with van der Waals surface area (Å²) in [6, 6.07) is 0. The highest BCUT2D eigenvalue weighted by Gasteiger charge is 2.48. The minimum Gasteiger partial charge on any atom is -0.428 e. The molecular weight excluding hydrogens is 342 g/mol. The topological polar surface area (TPSA) is 43.4 Å². The number of hydrogen-bond donors (Lipinski definition) is 0. The minimum absolute atomic E-state index is 0.0118. The molecule has 0 aliphatic heterocycles. The molecule has 0 spiro atoms. The third-order valence-electron chi connectivity index (χ3n) is 6.58. The van der Waals surface area contributed by atoms with Gasteiger partial charge in [0.2, 0.25) is 0 Å². The monoisotopic (exact) mass is 375 g/mol. The predicted octanol–water partition coefficient (Wildman–Crippen LogP) is 4.69. The van der Waals surface area contributed by atoms with Crippen molar-refractivity contribution < 1.29 is 14.2 Å². The second-order valence-electron chi connectivity index (χ2n) is 8.75. The molecule has 0 aromatic carbocycles. The predicted molar refractivity (Wildman–Crippen MR) is 111 cm³/mol. The summed E-state index contributed by atoms with van der Waals surface area (Å²) in [4.78, 5) is 24.0. The second-order valence-corrected chi connectivity index (χ2v) is 9.02. The van der Waals surface area contributed by atoms with E-state index in [0.29, 0.717) is 18.3 Å². The maximum Gasteiger partial charge on any atom is 0.318 e. The van der Waals surface area contributed by atoms with Crippen molar-refractivity contribution >= 4 is 27.9 Å². The van der Waals surface area contributed by atoms with Gasteiger partial charge in [0, 0.05) is 11.8 Å². The van der Waals surface area contributed by atoms with Gasteiger partial charge in [0.15, 0.2) is 11.6 Å². The molecule has 1 fully saturated rings. The molecular formula is C21H33BO3P. The van der Waals surface area contributed by atoms with Crippen LogP contribution in [-0.2, 0) is 14.2 Å². The first-order chi connectivity index (χ1) is 12.2. The van der Waals surface area contributed by atoms with Gasteiger partial charge in [0.1, 0.15) is 0 Å². The van der Waals surface area contributed by atoms with Crippen LogP contribution in [0.1, 0.15) is 66.7 Å². The highest BCUT2D eigenvalue weighted by atomic mass is 31.0.